The van der Waals surface area contributed by atoms with Crippen LogP contribution in [0, 0.1) is 28.5 Å². The molecule has 1 amide bonds. The van der Waals surface area contributed by atoms with Gasteiger partial charge in [-0.25, -0.2) is 4.39 Å². The van der Waals surface area contributed by atoms with E-state index >= 15 is 0 Å². The Morgan fingerprint density at radius 2 is 2.14 bits per heavy atom. The second kappa shape index (κ2) is 7.55. The highest BCUT2D eigenvalue weighted by atomic mass is 19.1. The van der Waals surface area contributed by atoms with Crippen LogP contribution >= 0.6 is 0 Å². The van der Waals surface area contributed by atoms with Crippen molar-refractivity contribution < 1.29 is 23.4 Å². The lowest BCUT2D eigenvalue weighted by Gasteiger charge is -2.53. The fraction of sp³-hybridized carbons (Fsp3) is 0.696. The lowest BCUT2D eigenvalue weighted by atomic mass is 9.59. The van der Waals surface area contributed by atoms with E-state index in [0.717, 1.165) is 24.8 Å². The molecule has 1 saturated heterocycles. The fourth-order valence-corrected chi connectivity index (χ4v) is 6.40. The van der Waals surface area contributed by atoms with E-state index in [0.29, 0.717) is 31.5 Å². The van der Waals surface area contributed by atoms with Crippen molar-refractivity contribution in [3.63, 3.8) is 0 Å². The lowest BCUT2D eigenvalue weighted by molar-refractivity contribution is -0.137. The van der Waals surface area contributed by atoms with Gasteiger partial charge in [0.05, 0.1) is 19.8 Å². The SMILES string of the molecule is COCCC(=O)N[C@@H]1C(C)(C)[C@@H]2C[C@@H]3[C@@H](c4ccc(F)c(OC)c4)OCCC31C2. The normalized spacial score (nSPS) is 34.7. The summed E-state index contributed by atoms with van der Waals surface area (Å²) in [5, 5.41) is 3.37. The third-order valence-electron chi connectivity index (χ3n) is 7.85. The summed E-state index contributed by atoms with van der Waals surface area (Å²) in [6.45, 7) is 5.65. The zero-order valence-corrected chi connectivity index (χ0v) is 17.8. The molecule has 1 heterocycles. The average molecular weight is 406 g/mol. The van der Waals surface area contributed by atoms with Gasteiger partial charge in [0.1, 0.15) is 0 Å². The molecule has 1 aromatic carbocycles. The Kier molecular flexibility index (Phi) is 5.36. The summed E-state index contributed by atoms with van der Waals surface area (Å²) in [6.07, 6.45) is 3.41. The van der Waals surface area contributed by atoms with Gasteiger partial charge in [0.25, 0.3) is 0 Å². The first-order chi connectivity index (χ1) is 13.8. The minimum absolute atomic E-state index is 0.0153. The third-order valence-corrected chi connectivity index (χ3v) is 7.85. The van der Waals surface area contributed by atoms with Gasteiger partial charge in [0.2, 0.25) is 5.91 Å². The number of rotatable bonds is 6. The second-order valence-corrected chi connectivity index (χ2v) is 9.48. The zero-order valence-electron chi connectivity index (χ0n) is 17.8. The fourth-order valence-electron chi connectivity index (χ4n) is 6.40. The molecule has 1 spiro atoms. The van der Waals surface area contributed by atoms with E-state index in [9.17, 15) is 9.18 Å². The lowest BCUT2D eigenvalue weighted by Crippen LogP contribution is -2.59. The van der Waals surface area contributed by atoms with Crippen LogP contribution in [-0.2, 0) is 14.3 Å². The van der Waals surface area contributed by atoms with Crippen LogP contribution < -0.4 is 10.1 Å². The van der Waals surface area contributed by atoms with Gasteiger partial charge >= 0.3 is 0 Å². The van der Waals surface area contributed by atoms with E-state index in [2.05, 4.69) is 19.2 Å². The van der Waals surface area contributed by atoms with Crippen LogP contribution in [0.25, 0.3) is 0 Å². The predicted molar refractivity (Wildman–Crippen MR) is 107 cm³/mol. The Balaban J connectivity index is 1.64. The highest BCUT2D eigenvalue weighted by Crippen LogP contribution is 2.70. The predicted octanol–water partition coefficient (Wildman–Crippen LogP) is 3.87. The number of benzene rings is 1. The highest BCUT2D eigenvalue weighted by Gasteiger charge is 2.68. The van der Waals surface area contributed by atoms with Crippen LogP contribution in [0.5, 0.6) is 5.75 Å². The van der Waals surface area contributed by atoms with Crippen LogP contribution in [0.15, 0.2) is 18.2 Å². The zero-order chi connectivity index (χ0) is 20.8. The summed E-state index contributed by atoms with van der Waals surface area (Å²) in [6, 6.07) is 5.14. The van der Waals surface area contributed by atoms with Gasteiger partial charge in [0, 0.05) is 26.2 Å². The number of ether oxygens (including phenoxy) is 3. The summed E-state index contributed by atoms with van der Waals surface area (Å²) < 4.78 is 30.5. The minimum Gasteiger partial charge on any atom is -0.494 e. The number of amides is 1. The largest absolute Gasteiger partial charge is 0.494 e. The number of hydrogen-bond acceptors (Lipinski definition) is 4. The third kappa shape index (κ3) is 3.25. The molecular formula is C23H32FNO4. The molecule has 0 aromatic heterocycles. The Morgan fingerprint density at radius 1 is 1.34 bits per heavy atom. The van der Waals surface area contributed by atoms with Crippen molar-refractivity contribution in [2.45, 2.75) is 51.7 Å². The molecule has 4 rings (SSSR count). The maximum atomic E-state index is 13.9. The molecule has 3 fully saturated rings. The molecule has 3 aliphatic rings. The Morgan fingerprint density at radius 3 is 2.86 bits per heavy atom. The minimum atomic E-state index is -0.362. The molecule has 2 saturated carbocycles. The maximum Gasteiger partial charge on any atom is 0.222 e. The van der Waals surface area contributed by atoms with Crippen LogP contribution in [0.2, 0.25) is 0 Å². The molecule has 1 N–H and O–H groups in total. The van der Waals surface area contributed by atoms with Crippen molar-refractivity contribution in [1.82, 2.24) is 5.32 Å². The van der Waals surface area contributed by atoms with E-state index in [1.807, 2.05) is 6.07 Å². The van der Waals surface area contributed by atoms with Crippen molar-refractivity contribution in [2.24, 2.45) is 22.7 Å². The van der Waals surface area contributed by atoms with E-state index in [1.54, 1.807) is 13.2 Å². The molecule has 5 nitrogen and oxygen atoms in total. The monoisotopic (exact) mass is 405 g/mol. The average Bonchev–Trinajstić information content (AvgIpc) is 3.19. The summed E-state index contributed by atoms with van der Waals surface area (Å²) in [4.78, 5) is 12.6. The van der Waals surface area contributed by atoms with Crippen molar-refractivity contribution in [3.8, 4) is 5.75 Å². The first-order valence-electron chi connectivity index (χ1n) is 10.6. The van der Waals surface area contributed by atoms with Gasteiger partial charge in [0.15, 0.2) is 11.6 Å². The van der Waals surface area contributed by atoms with Crippen LogP contribution in [0.3, 0.4) is 0 Å². The summed E-state index contributed by atoms with van der Waals surface area (Å²) >= 11 is 0. The molecule has 1 aromatic rings. The Bertz CT molecular complexity index is 782. The number of carbonyl (C=O) groups is 1. The standard InChI is InChI=1S/C23H32FNO4/c1-22(2)15-12-16-20(14-5-6-17(24)18(11-14)28-4)29-10-8-23(16,13-15)21(22)25-19(26)7-9-27-3/h5-6,11,15-16,20-21H,7-10,12-13H2,1-4H3,(H,25,26)/t15-,16-,20-,21-,23?/m1/s1. The number of hydrogen-bond donors (Lipinski definition) is 1. The molecule has 5 atom stereocenters. The number of fused-ring (bicyclic) bond motifs is 1. The first kappa shape index (κ1) is 20.6. The van der Waals surface area contributed by atoms with Gasteiger partial charge in [-0.3, -0.25) is 4.79 Å². The maximum absolute atomic E-state index is 13.9. The van der Waals surface area contributed by atoms with E-state index < -0.39 is 0 Å². The first-order valence-corrected chi connectivity index (χ1v) is 10.6. The number of carbonyl (C=O) groups excluding carboxylic acids is 1. The van der Waals surface area contributed by atoms with E-state index in [-0.39, 0.29) is 40.4 Å². The second-order valence-electron chi connectivity index (χ2n) is 9.48. The van der Waals surface area contributed by atoms with Gasteiger partial charge < -0.3 is 19.5 Å². The molecular weight excluding hydrogens is 373 g/mol. The number of methoxy groups -OCH3 is 2. The Labute approximate surface area is 172 Å². The van der Waals surface area contributed by atoms with E-state index in [4.69, 9.17) is 14.2 Å². The molecule has 160 valence electrons. The van der Waals surface area contributed by atoms with Crippen molar-refractivity contribution in [2.75, 3.05) is 27.4 Å². The molecule has 29 heavy (non-hydrogen) atoms. The van der Waals surface area contributed by atoms with Crippen molar-refractivity contribution in [1.29, 1.82) is 0 Å². The Hall–Kier alpha value is -1.66. The quantitative estimate of drug-likeness (QED) is 0.781. The van der Waals surface area contributed by atoms with Crippen LogP contribution in [0.4, 0.5) is 4.39 Å². The molecule has 1 aliphatic heterocycles. The van der Waals surface area contributed by atoms with Gasteiger partial charge in [-0.2, -0.15) is 0 Å². The number of halogens is 1. The molecule has 1 unspecified atom stereocenters. The van der Waals surface area contributed by atoms with Gasteiger partial charge in [-0.05, 0) is 59.6 Å². The van der Waals surface area contributed by atoms with Crippen molar-refractivity contribution in [3.05, 3.63) is 29.6 Å². The molecule has 2 bridgehead atoms. The topological polar surface area (TPSA) is 56.8 Å². The summed E-state index contributed by atoms with van der Waals surface area (Å²) in [5.41, 5.74) is 1.02. The van der Waals surface area contributed by atoms with Gasteiger partial charge in [-0.1, -0.05) is 19.9 Å². The summed E-state index contributed by atoms with van der Waals surface area (Å²) in [7, 11) is 3.10. The smallest absolute Gasteiger partial charge is 0.222 e. The van der Waals surface area contributed by atoms with Crippen LogP contribution in [-0.4, -0.2) is 39.4 Å². The van der Waals surface area contributed by atoms with E-state index in [1.165, 1.54) is 13.2 Å². The molecule has 0 radical (unpaired) electrons. The number of nitrogens with one attached hydrogen (secondary N) is 1. The summed E-state index contributed by atoms with van der Waals surface area (Å²) in [5.74, 6) is 0.777. The molecule has 2 aliphatic carbocycles. The van der Waals surface area contributed by atoms with Crippen molar-refractivity contribution >= 4 is 5.91 Å². The molecule has 6 heteroatoms. The van der Waals surface area contributed by atoms with Gasteiger partial charge in [-0.15, -0.1) is 0 Å². The highest BCUT2D eigenvalue weighted by molar-refractivity contribution is 5.76. The van der Waals surface area contributed by atoms with Crippen LogP contribution in [0.1, 0.15) is 51.2 Å².